The van der Waals surface area contributed by atoms with Crippen LogP contribution in [0.1, 0.15) is 122 Å². The second-order valence-corrected chi connectivity index (χ2v) is 17.4. The Morgan fingerprint density at radius 1 is 0.383 bits per heavy atom. The Morgan fingerprint density at radius 2 is 0.617 bits per heavy atom. The van der Waals surface area contributed by atoms with Crippen molar-refractivity contribution in [2.45, 2.75) is 122 Å². The summed E-state index contributed by atoms with van der Waals surface area (Å²) < 4.78 is 27.4. The fourth-order valence-electron chi connectivity index (χ4n) is 3.58. The Balaban J connectivity index is 0. The first-order valence-corrected chi connectivity index (χ1v) is 17.9. The second kappa shape index (κ2) is 25.7. The van der Waals surface area contributed by atoms with Gasteiger partial charge in [-0.1, -0.05) is 83.1 Å². The highest BCUT2D eigenvalue weighted by Crippen LogP contribution is 2.20. The maximum Gasteiger partial charge on any atom is 0.224 e. The van der Waals surface area contributed by atoms with Crippen LogP contribution in [-0.2, 0) is 33.3 Å². The lowest BCUT2D eigenvalue weighted by Gasteiger charge is -2.23. The standard InChI is InChI=1S/C20H41NO4.C18H37NO3/c1-19(2,3)9-11-21(7)18(22)8-12-23-14-16-25-17-15-24-13-10-20(4,5)6;1-17(2,3)9-11-19(7)16(20)8-12-21-14-15-22-13-10-18(4,5)6/h8-17H2,1-7H3;8-15H2,1-7H3. The summed E-state index contributed by atoms with van der Waals surface area (Å²) in [7, 11) is 3.72. The number of hydrogen-bond acceptors (Lipinski definition) is 7. The van der Waals surface area contributed by atoms with E-state index >= 15 is 0 Å². The third-order valence-corrected chi connectivity index (χ3v) is 7.28. The summed E-state index contributed by atoms with van der Waals surface area (Å²) in [5.41, 5.74) is 1.13. The number of carbonyl (C=O) groups is 2. The van der Waals surface area contributed by atoms with E-state index in [9.17, 15) is 9.59 Å². The molecule has 0 saturated carbocycles. The Hall–Kier alpha value is -1.26. The van der Waals surface area contributed by atoms with E-state index in [1.54, 1.807) is 9.80 Å². The van der Waals surface area contributed by atoms with Gasteiger partial charge in [0.15, 0.2) is 0 Å². The SMILES string of the molecule is CN(CCC(C)(C)C)C(=O)CCOCCOCCC(C)(C)C.CN(CCC(C)(C)C)C(=O)CCOCCOCCOCCC(C)(C)C. The molecule has 0 aliphatic carbocycles. The second-order valence-electron chi connectivity index (χ2n) is 17.4. The molecule has 47 heavy (non-hydrogen) atoms. The molecular formula is C38H78N2O7. The predicted molar refractivity (Wildman–Crippen MR) is 195 cm³/mol. The molecule has 0 aliphatic heterocycles. The van der Waals surface area contributed by atoms with E-state index in [2.05, 4.69) is 83.1 Å². The number of nitrogens with zero attached hydrogens (tertiary/aromatic N) is 2. The molecule has 0 bridgehead atoms. The number of carbonyl (C=O) groups excluding carboxylic acids is 2. The van der Waals surface area contributed by atoms with Gasteiger partial charge in [0.2, 0.25) is 11.8 Å². The van der Waals surface area contributed by atoms with Crippen molar-refractivity contribution in [3.8, 4) is 0 Å². The molecule has 0 aliphatic rings. The first kappa shape index (κ1) is 47.9. The molecule has 0 unspecified atom stereocenters. The molecular weight excluding hydrogens is 596 g/mol. The Labute approximate surface area is 291 Å². The van der Waals surface area contributed by atoms with Crippen LogP contribution in [0, 0.1) is 21.7 Å². The molecule has 0 spiro atoms. The van der Waals surface area contributed by atoms with Crippen molar-refractivity contribution in [2.75, 3.05) is 93.3 Å². The molecule has 0 aromatic rings. The van der Waals surface area contributed by atoms with Gasteiger partial charge in [0, 0.05) is 40.4 Å². The van der Waals surface area contributed by atoms with Gasteiger partial charge in [-0.15, -0.1) is 0 Å². The van der Waals surface area contributed by atoms with Crippen molar-refractivity contribution in [2.24, 2.45) is 21.7 Å². The van der Waals surface area contributed by atoms with Crippen LogP contribution in [0.25, 0.3) is 0 Å². The fourth-order valence-corrected chi connectivity index (χ4v) is 3.58. The molecule has 9 nitrogen and oxygen atoms in total. The number of rotatable bonds is 23. The van der Waals surface area contributed by atoms with Crippen LogP contribution in [0.15, 0.2) is 0 Å². The lowest BCUT2D eigenvalue weighted by molar-refractivity contribution is -0.132. The van der Waals surface area contributed by atoms with Gasteiger partial charge in [-0.05, 0) is 47.3 Å². The fraction of sp³-hybridized carbons (Fsp3) is 0.947. The minimum Gasteiger partial charge on any atom is -0.379 e. The van der Waals surface area contributed by atoms with E-state index in [0.29, 0.717) is 76.5 Å². The van der Waals surface area contributed by atoms with Crippen molar-refractivity contribution < 1.29 is 33.3 Å². The molecule has 0 saturated heterocycles. The largest absolute Gasteiger partial charge is 0.379 e. The molecule has 0 rings (SSSR count). The molecule has 0 aromatic heterocycles. The van der Waals surface area contributed by atoms with Gasteiger partial charge in [-0.3, -0.25) is 9.59 Å². The monoisotopic (exact) mass is 675 g/mol. The van der Waals surface area contributed by atoms with Crippen molar-refractivity contribution in [3.63, 3.8) is 0 Å². The molecule has 0 aromatic carbocycles. The van der Waals surface area contributed by atoms with Crippen molar-refractivity contribution in [1.29, 1.82) is 0 Å². The third-order valence-electron chi connectivity index (χ3n) is 7.28. The highest BCUT2D eigenvalue weighted by atomic mass is 16.5. The van der Waals surface area contributed by atoms with Gasteiger partial charge >= 0.3 is 0 Å². The van der Waals surface area contributed by atoms with Gasteiger partial charge in [-0.2, -0.15) is 0 Å². The van der Waals surface area contributed by atoms with E-state index in [-0.39, 0.29) is 22.6 Å². The summed E-state index contributed by atoms with van der Waals surface area (Å²) in [6.07, 6.45) is 4.98. The van der Waals surface area contributed by atoms with Gasteiger partial charge in [0.25, 0.3) is 0 Å². The highest BCUT2D eigenvalue weighted by Gasteiger charge is 2.16. The average Bonchev–Trinajstić information content (AvgIpc) is 2.92. The van der Waals surface area contributed by atoms with Gasteiger partial charge in [0.05, 0.1) is 65.7 Å². The third kappa shape index (κ3) is 39.1. The van der Waals surface area contributed by atoms with Gasteiger partial charge < -0.3 is 33.5 Å². The Bertz CT molecular complexity index is 777. The van der Waals surface area contributed by atoms with Crippen LogP contribution >= 0.6 is 0 Å². The topological polar surface area (TPSA) is 86.8 Å². The minimum atomic E-state index is 0.136. The predicted octanol–water partition coefficient (Wildman–Crippen LogP) is 7.50. The van der Waals surface area contributed by atoms with Crippen LogP contribution in [0.4, 0.5) is 0 Å². The molecule has 282 valence electrons. The van der Waals surface area contributed by atoms with Crippen molar-refractivity contribution in [1.82, 2.24) is 9.80 Å². The van der Waals surface area contributed by atoms with Crippen LogP contribution in [-0.4, -0.2) is 115 Å². The molecule has 0 heterocycles. The molecule has 0 atom stereocenters. The zero-order valence-electron chi connectivity index (χ0n) is 33.5. The summed E-state index contributed by atoms with van der Waals surface area (Å²) in [6.45, 7) is 33.8. The first-order chi connectivity index (χ1) is 21.5. The average molecular weight is 675 g/mol. The summed E-state index contributed by atoms with van der Waals surface area (Å²) in [5, 5.41) is 0. The first-order valence-electron chi connectivity index (χ1n) is 17.9. The zero-order valence-corrected chi connectivity index (χ0v) is 33.5. The Morgan fingerprint density at radius 3 is 0.872 bits per heavy atom. The number of ether oxygens (including phenoxy) is 5. The maximum atomic E-state index is 12.0. The van der Waals surface area contributed by atoms with Crippen molar-refractivity contribution >= 4 is 11.8 Å². The van der Waals surface area contributed by atoms with Crippen molar-refractivity contribution in [3.05, 3.63) is 0 Å². The van der Waals surface area contributed by atoms with Gasteiger partial charge in [0.1, 0.15) is 0 Å². The van der Waals surface area contributed by atoms with Crippen LogP contribution < -0.4 is 0 Å². The highest BCUT2D eigenvalue weighted by molar-refractivity contribution is 5.76. The molecule has 2 amide bonds. The Kier molecular flexibility index (Phi) is 26.1. The van der Waals surface area contributed by atoms with Crippen LogP contribution in [0.2, 0.25) is 0 Å². The normalized spacial score (nSPS) is 12.5. The van der Waals surface area contributed by atoms with Gasteiger partial charge in [-0.25, -0.2) is 0 Å². The smallest absolute Gasteiger partial charge is 0.224 e. The van der Waals surface area contributed by atoms with E-state index in [0.717, 1.165) is 52.0 Å². The molecule has 0 N–H and O–H groups in total. The van der Waals surface area contributed by atoms with Crippen LogP contribution in [0.5, 0.6) is 0 Å². The minimum absolute atomic E-state index is 0.136. The molecule has 0 radical (unpaired) electrons. The lowest BCUT2D eigenvalue weighted by atomic mass is 9.92. The molecule has 0 fully saturated rings. The molecule has 9 heteroatoms. The van der Waals surface area contributed by atoms with E-state index < -0.39 is 0 Å². The summed E-state index contributed by atoms with van der Waals surface area (Å²) in [6, 6.07) is 0. The number of hydrogen-bond donors (Lipinski definition) is 0. The van der Waals surface area contributed by atoms with Crippen LogP contribution in [0.3, 0.4) is 0 Å². The maximum absolute atomic E-state index is 12.0. The summed E-state index contributed by atoms with van der Waals surface area (Å²) >= 11 is 0. The quantitative estimate of drug-likeness (QED) is 0.104. The lowest BCUT2D eigenvalue weighted by Crippen LogP contribution is -2.30. The summed E-state index contributed by atoms with van der Waals surface area (Å²) in [5.74, 6) is 0.287. The van der Waals surface area contributed by atoms with E-state index in [1.165, 1.54) is 0 Å². The van der Waals surface area contributed by atoms with E-state index in [4.69, 9.17) is 23.7 Å². The summed E-state index contributed by atoms with van der Waals surface area (Å²) in [4.78, 5) is 27.5. The van der Waals surface area contributed by atoms with E-state index in [1.807, 2.05) is 14.1 Å². The zero-order chi connectivity index (χ0) is 36.6. The number of amides is 2.